The third kappa shape index (κ3) is 7.71. The number of imidazole rings is 1. The van der Waals surface area contributed by atoms with Crippen molar-refractivity contribution in [3.8, 4) is 0 Å². The number of amides is 4. The second kappa shape index (κ2) is 15.8. The van der Waals surface area contributed by atoms with Crippen molar-refractivity contribution in [3.05, 3.63) is 62.1 Å². The van der Waals surface area contributed by atoms with Gasteiger partial charge in [-0.25, -0.2) is 17.9 Å². The van der Waals surface area contributed by atoms with Gasteiger partial charge in [-0.3, -0.25) is 43.3 Å². The van der Waals surface area contributed by atoms with Gasteiger partial charge in [0.2, 0.25) is 26.8 Å². The summed E-state index contributed by atoms with van der Waals surface area (Å²) >= 11 is 0. The maximum absolute atomic E-state index is 13.2. The number of nitrogens with zero attached hydrogens (tertiary/aromatic N) is 8. The number of fused-ring (bicyclic) bond motifs is 2. The van der Waals surface area contributed by atoms with Gasteiger partial charge < -0.3 is 24.1 Å². The molecule has 4 amide bonds. The summed E-state index contributed by atoms with van der Waals surface area (Å²) in [5.74, 6) is -2.27. The molecule has 3 aromatic heterocycles. The lowest BCUT2D eigenvalue weighted by molar-refractivity contribution is -0.136. The Morgan fingerprint density at radius 1 is 0.926 bits per heavy atom. The highest BCUT2D eigenvalue weighted by molar-refractivity contribution is 7.90. The average Bonchev–Trinajstić information content (AvgIpc) is 3.80. The maximum Gasteiger partial charge on any atom is 0.332 e. The van der Waals surface area contributed by atoms with Gasteiger partial charge in [0.25, 0.3) is 17.4 Å². The number of imide groups is 2. The van der Waals surface area contributed by atoms with Crippen LogP contribution in [0.5, 0.6) is 0 Å². The van der Waals surface area contributed by atoms with Crippen LogP contribution >= 0.6 is 0 Å². The minimum atomic E-state index is -3.78. The smallest absolute Gasteiger partial charge is 0.332 e. The number of carbonyl (C=O) groups is 4. The molecule has 2 N–H and O–H groups in total. The van der Waals surface area contributed by atoms with Crippen LogP contribution in [0.2, 0.25) is 0 Å². The predicted molar refractivity (Wildman–Crippen MR) is 187 cm³/mol. The Morgan fingerprint density at radius 2 is 1.63 bits per heavy atom. The molecule has 0 radical (unpaired) electrons. The first-order chi connectivity index (χ1) is 25.8. The van der Waals surface area contributed by atoms with Gasteiger partial charge in [0.05, 0.1) is 70.1 Å². The maximum atomic E-state index is 13.2. The Kier molecular flexibility index (Phi) is 11.2. The van der Waals surface area contributed by atoms with Gasteiger partial charge in [-0.05, 0) is 18.6 Å². The zero-order chi connectivity index (χ0) is 38.7. The molecule has 2 aliphatic heterocycles. The Balaban J connectivity index is 0.877. The van der Waals surface area contributed by atoms with E-state index >= 15 is 0 Å². The summed E-state index contributed by atoms with van der Waals surface area (Å²) < 4.78 is 45.9. The van der Waals surface area contributed by atoms with Gasteiger partial charge in [-0.1, -0.05) is 11.3 Å². The Morgan fingerprint density at radius 3 is 2.33 bits per heavy atom. The number of ether oxygens (including phenoxy) is 3. The molecule has 0 aliphatic carbocycles. The van der Waals surface area contributed by atoms with E-state index in [0.717, 1.165) is 20.3 Å². The lowest BCUT2D eigenvalue weighted by Gasteiger charge is -2.27. The van der Waals surface area contributed by atoms with E-state index in [1.807, 2.05) is 0 Å². The number of nitrogens with one attached hydrogen (secondary N) is 2. The highest BCUT2D eigenvalue weighted by Crippen LogP contribution is 2.32. The summed E-state index contributed by atoms with van der Waals surface area (Å²) in [7, 11) is -1.08. The van der Waals surface area contributed by atoms with E-state index in [2.05, 4.69) is 25.9 Å². The van der Waals surface area contributed by atoms with Gasteiger partial charge >= 0.3 is 5.69 Å². The van der Waals surface area contributed by atoms with Crippen LogP contribution in [0, 0.1) is 0 Å². The fraction of sp³-hybridized carbons (Fsp3) is 0.469. The van der Waals surface area contributed by atoms with E-state index in [0.29, 0.717) is 57.5 Å². The normalized spacial score (nSPS) is 16.1. The number of sulfone groups is 1. The zero-order valence-electron chi connectivity index (χ0n) is 29.6. The van der Waals surface area contributed by atoms with Crippen molar-refractivity contribution >= 4 is 50.3 Å². The summed E-state index contributed by atoms with van der Waals surface area (Å²) in [6, 6.07) is 3.79. The number of anilines is 1. The Labute approximate surface area is 306 Å². The number of hydrogen-bond donors (Lipinski definition) is 2. The standard InChI is InChI=1S/C32H38N10O11S/c1-38-25-26(35-31(38)54(3,49)50)41(32(48)39(2)30(25)47)18-19-17-40(37-36-19)10-12-52-14-16-53-15-13-51-11-9-33-21-6-4-5-20-24(21)29(46)42(28(20)45)22-7-8-23(43)34-27(22)44/h4-6,17,22,33H,7-16,18H2,1-3H3,(H,34,43,44). The van der Waals surface area contributed by atoms with Crippen LogP contribution in [-0.4, -0.2) is 129 Å². The number of piperidine rings is 1. The highest BCUT2D eigenvalue weighted by Gasteiger charge is 2.45. The summed E-state index contributed by atoms with van der Waals surface area (Å²) in [6.45, 7) is 2.39. The van der Waals surface area contributed by atoms with E-state index in [-0.39, 0.29) is 53.4 Å². The lowest BCUT2D eigenvalue weighted by atomic mass is 10.0. The molecule has 21 nitrogen and oxygen atoms in total. The quantitative estimate of drug-likeness (QED) is 0.0874. The van der Waals surface area contributed by atoms with E-state index in [9.17, 15) is 37.2 Å². The van der Waals surface area contributed by atoms with Crippen LogP contribution in [0.4, 0.5) is 5.69 Å². The van der Waals surface area contributed by atoms with Crippen LogP contribution in [0.1, 0.15) is 39.3 Å². The number of carbonyl (C=O) groups excluding carboxylic acids is 4. The molecule has 1 fully saturated rings. The van der Waals surface area contributed by atoms with Crippen molar-refractivity contribution in [1.29, 1.82) is 0 Å². The molecule has 2 aliphatic rings. The van der Waals surface area contributed by atoms with Gasteiger partial charge in [0.1, 0.15) is 11.7 Å². The van der Waals surface area contributed by atoms with E-state index < -0.39 is 50.8 Å². The SMILES string of the molecule is Cn1c(=O)c2c(nc(S(C)(=O)=O)n2C)n(Cc2cn(CCOCCOCCOCCNc3cccc4c3C(=O)N(C3CCC(=O)NC3=O)C4=O)nn2)c1=O. The zero-order valence-corrected chi connectivity index (χ0v) is 30.5. The van der Waals surface area contributed by atoms with Crippen LogP contribution in [0.25, 0.3) is 11.2 Å². The molecular weight excluding hydrogens is 732 g/mol. The largest absolute Gasteiger partial charge is 0.382 e. The molecule has 5 heterocycles. The molecule has 22 heteroatoms. The van der Waals surface area contributed by atoms with Crippen LogP contribution in [0.3, 0.4) is 0 Å². The molecule has 1 aromatic carbocycles. The highest BCUT2D eigenvalue weighted by atomic mass is 32.2. The van der Waals surface area contributed by atoms with Gasteiger partial charge in [-0.15, -0.1) is 5.10 Å². The van der Waals surface area contributed by atoms with Gasteiger partial charge in [0, 0.05) is 39.0 Å². The topological polar surface area (TPSA) is 250 Å². The summed E-state index contributed by atoms with van der Waals surface area (Å²) in [5.41, 5.74) is -0.264. The first-order valence-electron chi connectivity index (χ1n) is 16.8. The molecule has 0 saturated carbocycles. The molecule has 1 saturated heterocycles. The van der Waals surface area contributed by atoms with E-state index in [1.165, 1.54) is 29.4 Å². The molecular formula is C32H38N10O11S. The minimum absolute atomic E-state index is 0.0314. The molecule has 4 aromatic rings. The summed E-state index contributed by atoms with van der Waals surface area (Å²) in [5, 5.41) is 13.1. The second-order valence-electron chi connectivity index (χ2n) is 12.5. The first kappa shape index (κ1) is 38.2. The Hall–Kier alpha value is -5.58. The van der Waals surface area contributed by atoms with Crippen LogP contribution in [0.15, 0.2) is 39.1 Å². The Bertz CT molecular complexity index is 2360. The number of aromatic nitrogens is 7. The third-order valence-electron chi connectivity index (χ3n) is 8.79. The van der Waals surface area contributed by atoms with E-state index in [4.69, 9.17) is 14.2 Å². The molecule has 288 valence electrons. The van der Waals surface area contributed by atoms with Crippen molar-refractivity contribution in [2.75, 3.05) is 57.8 Å². The fourth-order valence-electron chi connectivity index (χ4n) is 6.19. The van der Waals surface area contributed by atoms with Crippen LogP contribution < -0.4 is 21.9 Å². The van der Waals surface area contributed by atoms with Crippen LogP contribution in [-0.2, 0) is 60.8 Å². The predicted octanol–water partition coefficient (Wildman–Crippen LogP) is -1.96. The minimum Gasteiger partial charge on any atom is -0.382 e. The first-order valence-corrected chi connectivity index (χ1v) is 18.7. The number of hydrogen-bond acceptors (Lipinski definition) is 15. The monoisotopic (exact) mass is 770 g/mol. The summed E-state index contributed by atoms with van der Waals surface area (Å²) in [6.07, 6.45) is 2.69. The van der Waals surface area contributed by atoms with Crippen molar-refractivity contribution in [2.45, 2.75) is 37.1 Å². The third-order valence-corrected chi connectivity index (χ3v) is 9.82. The van der Waals surface area contributed by atoms with Crippen molar-refractivity contribution in [2.24, 2.45) is 14.1 Å². The number of aryl methyl sites for hydroxylation is 1. The van der Waals surface area contributed by atoms with Gasteiger partial charge in [-0.2, -0.15) is 4.98 Å². The molecule has 1 atom stereocenters. The molecule has 0 bridgehead atoms. The lowest BCUT2D eigenvalue weighted by Crippen LogP contribution is -2.54. The van der Waals surface area contributed by atoms with Crippen molar-refractivity contribution in [3.63, 3.8) is 0 Å². The van der Waals surface area contributed by atoms with Crippen molar-refractivity contribution in [1.82, 2.24) is 43.9 Å². The number of rotatable bonds is 17. The number of benzene rings is 1. The molecule has 6 rings (SSSR count). The van der Waals surface area contributed by atoms with E-state index in [1.54, 1.807) is 18.3 Å². The molecule has 1 unspecified atom stereocenters. The van der Waals surface area contributed by atoms with Gasteiger partial charge in [0.15, 0.2) is 11.2 Å². The molecule has 54 heavy (non-hydrogen) atoms. The summed E-state index contributed by atoms with van der Waals surface area (Å²) in [4.78, 5) is 80.7. The van der Waals surface area contributed by atoms with Crippen molar-refractivity contribution < 1.29 is 41.8 Å². The molecule has 0 spiro atoms. The fourth-order valence-corrected chi connectivity index (χ4v) is 7.03. The average molecular weight is 771 g/mol. The second-order valence-corrected chi connectivity index (χ2v) is 14.5.